The lowest BCUT2D eigenvalue weighted by atomic mass is 10.00. The fraction of sp³-hybridized carbons (Fsp3) is 0.308. The van der Waals surface area contributed by atoms with Crippen molar-refractivity contribution in [2.24, 2.45) is 0 Å². The molecule has 0 saturated carbocycles. The number of fused-ring (bicyclic) bond motifs is 1. The predicted octanol–water partition coefficient (Wildman–Crippen LogP) is 4.49. The zero-order valence-electron chi connectivity index (χ0n) is 18.8. The van der Waals surface area contributed by atoms with Crippen LogP contribution in [-0.2, 0) is 11.0 Å². The highest BCUT2D eigenvalue weighted by Gasteiger charge is 2.36. The Bertz CT molecular complexity index is 1180. The van der Waals surface area contributed by atoms with E-state index in [0.717, 1.165) is 22.4 Å². The third-order valence-electron chi connectivity index (χ3n) is 6.16. The molecule has 1 N–H and O–H groups in total. The second kappa shape index (κ2) is 9.85. The van der Waals surface area contributed by atoms with E-state index in [-0.39, 0.29) is 37.1 Å². The summed E-state index contributed by atoms with van der Waals surface area (Å²) in [6.07, 6.45) is -4.59. The van der Waals surface area contributed by atoms with Gasteiger partial charge in [-0.1, -0.05) is 54.6 Å². The summed E-state index contributed by atoms with van der Waals surface area (Å²) in [7, 11) is 0. The highest BCUT2D eigenvalue weighted by atomic mass is 19.4. The number of amides is 2. The molecule has 0 aliphatic carbocycles. The zero-order valence-corrected chi connectivity index (χ0v) is 18.8. The van der Waals surface area contributed by atoms with Gasteiger partial charge in [0.1, 0.15) is 0 Å². The average molecular weight is 470 g/mol. The minimum absolute atomic E-state index is 0.136. The molecule has 4 rings (SSSR count). The van der Waals surface area contributed by atoms with Crippen molar-refractivity contribution >= 4 is 22.6 Å². The molecule has 34 heavy (non-hydrogen) atoms. The van der Waals surface area contributed by atoms with Crippen LogP contribution in [0.4, 0.5) is 13.2 Å². The lowest BCUT2D eigenvalue weighted by molar-refractivity contribution is -0.138. The first-order chi connectivity index (χ1) is 16.2. The van der Waals surface area contributed by atoms with Crippen LogP contribution in [-0.4, -0.2) is 54.3 Å². The smallest absolute Gasteiger partial charge is 0.348 e. The van der Waals surface area contributed by atoms with Crippen molar-refractivity contribution < 1.29 is 22.8 Å². The van der Waals surface area contributed by atoms with E-state index in [1.54, 1.807) is 0 Å². The van der Waals surface area contributed by atoms with E-state index < -0.39 is 17.6 Å². The first-order valence-corrected chi connectivity index (χ1v) is 11.2. The van der Waals surface area contributed by atoms with Crippen LogP contribution in [0.5, 0.6) is 0 Å². The number of rotatable bonds is 5. The molecule has 0 bridgehead atoms. The van der Waals surface area contributed by atoms with Crippen LogP contribution < -0.4 is 5.32 Å². The molecule has 1 unspecified atom stereocenters. The summed E-state index contributed by atoms with van der Waals surface area (Å²) in [5.41, 5.74) is -0.237. The Morgan fingerprint density at radius 1 is 0.912 bits per heavy atom. The first kappa shape index (κ1) is 23.8. The van der Waals surface area contributed by atoms with Gasteiger partial charge in [-0.15, -0.1) is 0 Å². The fourth-order valence-electron chi connectivity index (χ4n) is 4.39. The molecule has 3 aromatic carbocycles. The Labute approximate surface area is 196 Å². The van der Waals surface area contributed by atoms with E-state index in [9.17, 15) is 22.8 Å². The summed E-state index contributed by atoms with van der Waals surface area (Å²) in [4.78, 5) is 28.7. The fourth-order valence-corrected chi connectivity index (χ4v) is 4.39. The van der Waals surface area contributed by atoms with Crippen molar-refractivity contribution in [2.45, 2.75) is 19.1 Å². The molecule has 0 spiro atoms. The Balaban J connectivity index is 1.33. The topological polar surface area (TPSA) is 52.7 Å². The van der Waals surface area contributed by atoms with Crippen molar-refractivity contribution in [3.05, 3.63) is 83.4 Å². The SMILES string of the molecule is CC(NC(=O)CN1CCN(C(=O)c2ccccc2C(F)(F)F)CC1)c1cccc2ccccc12. The molecule has 1 atom stereocenters. The molecule has 3 aromatic rings. The zero-order chi connectivity index (χ0) is 24.3. The van der Waals surface area contributed by atoms with Gasteiger partial charge in [0.05, 0.1) is 23.7 Å². The molecular formula is C26H26F3N3O2. The van der Waals surface area contributed by atoms with Gasteiger partial charge in [0, 0.05) is 26.2 Å². The summed E-state index contributed by atoms with van der Waals surface area (Å²) in [6, 6.07) is 18.6. The van der Waals surface area contributed by atoms with Crippen LogP contribution in [0.25, 0.3) is 10.8 Å². The van der Waals surface area contributed by atoms with Crippen molar-refractivity contribution in [3.63, 3.8) is 0 Å². The van der Waals surface area contributed by atoms with Gasteiger partial charge in [-0.3, -0.25) is 14.5 Å². The van der Waals surface area contributed by atoms with Gasteiger partial charge in [0.2, 0.25) is 5.91 Å². The van der Waals surface area contributed by atoms with Crippen molar-refractivity contribution in [1.82, 2.24) is 15.1 Å². The molecule has 1 saturated heterocycles. The highest BCUT2D eigenvalue weighted by Crippen LogP contribution is 2.32. The molecule has 5 nitrogen and oxygen atoms in total. The number of hydrogen-bond acceptors (Lipinski definition) is 3. The maximum Gasteiger partial charge on any atom is 0.417 e. The number of alkyl halides is 3. The molecule has 0 radical (unpaired) electrons. The summed E-state index contributed by atoms with van der Waals surface area (Å²) in [5, 5.41) is 5.23. The molecular weight excluding hydrogens is 443 g/mol. The number of halogens is 3. The van der Waals surface area contributed by atoms with Crippen LogP contribution in [0.15, 0.2) is 66.7 Å². The molecule has 1 fully saturated rings. The quantitative estimate of drug-likeness (QED) is 0.599. The van der Waals surface area contributed by atoms with E-state index in [1.807, 2.05) is 54.3 Å². The highest BCUT2D eigenvalue weighted by molar-refractivity contribution is 5.96. The maximum atomic E-state index is 13.3. The molecule has 1 aliphatic heterocycles. The molecule has 1 heterocycles. The van der Waals surface area contributed by atoms with E-state index in [4.69, 9.17) is 0 Å². The second-order valence-corrected chi connectivity index (χ2v) is 8.47. The van der Waals surface area contributed by atoms with Gasteiger partial charge < -0.3 is 10.2 Å². The Hall–Kier alpha value is -3.39. The number of nitrogens with zero attached hydrogens (tertiary/aromatic N) is 2. The van der Waals surface area contributed by atoms with Gasteiger partial charge in [0.25, 0.3) is 5.91 Å². The van der Waals surface area contributed by atoms with E-state index >= 15 is 0 Å². The lowest BCUT2D eigenvalue weighted by Gasteiger charge is -2.35. The Morgan fingerprint density at radius 2 is 1.56 bits per heavy atom. The molecule has 178 valence electrons. The van der Waals surface area contributed by atoms with Gasteiger partial charge in [0.15, 0.2) is 0 Å². The van der Waals surface area contributed by atoms with Gasteiger partial charge in [-0.2, -0.15) is 13.2 Å². The van der Waals surface area contributed by atoms with Crippen LogP contribution >= 0.6 is 0 Å². The summed E-state index contributed by atoms with van der Waals surface area (Å²) < 4.78 is 39.8. The summed E-state index contributed by atoms with van der Waals surface area (Å²) in [6.45, 7) is 3.45. The third-order valence-corrected chi connectivity index (χ3v) is 6.16. The Kier molecular flexibility index (Phi) is 6.88. The predicted molar refractivity (Wildman–Crippen MR) is 124 cm³/mol. The third kappa shape index (κ3) is 5.22. The number of carbonyl (C=O) groups excluding carboxylic acids is 2. The first-order valence-electron chi connectivity index (χ1n) is 11.2. The molecule has 2 amide bonds. The van der Waals surface area contributed by atoms with E-state index in [2.05, 4.69) is 5.32 Å². The number of hydrogen-bond donors (Lipinski definition) is 1. The van der Waals surface area contributed by atoms with Gasteiger partial charge in [-0.25, -0.2) is 0 Å². The maximum absolute atomic E-state index is 13.3. The lowest BCUT2D eigenvalue weighted by Crippen LogP contribution is -2.51. The largest absolute Gasteiger partial charge is 0.417 e. The minimum Gasteiger partial charge on any atom is -0.348 e. The van der Waals surface area contributed by atoms with E-state index in [0.29, 0.717) is 13.1 Å². The molecule has 8 heteroatoms. The van der Waals surface area contributed by atoms with Crippen LogP contribution in [0, 0.1) is 0 Å². The number of piperazine rings is 1. The van der Waals surface area contributed by atoms with Gasteiger partial charge in [-0.05, 0) is 35.4 Å². The van der Waals surface area contributed by atoms with Crippen LogP contribution in [0.1, 0.15) is 34.5 Å². The van der Waals surface area contributed by atoms with E-state index in [1.165, 1.54) is 23.1 Å². The van der Waals surface area contributed by atoms with Crippen molar-refractivity contribution in [1.29, 1.82) is 0 Å². The number of carbonyl (C=O) groups is 2. The van der Waals surface area contributed by atoms with Gasteiger partial charge >= 0.3 is 6.18 Å². The second-order valence-electron chi connectivity index (χ2n) is 8.47. The standard InChI is InChI=1S/C26H26F3N3O2/c1-18(20-11-6-8-19-7-2-3-9-21(19)20)30-24(33)17-31-13-15-32(16-14-31)25(34)22-10-4-5-12-23(22)26(27,28)29/h2-12,18H,13-17H2,1H3,(H,30,33). The van der Waals surface area contributed by atoms with Crippen molar-refractivity contribution in [2.75, 3.05) is 32.7 Å². The normalized spacial score (nSPS) is 15.8. The Morgan fingerprint density at radius 3 is 2.29 bits per heavy atom. The summed E-state index contributed by atoms with van der Waals surface area (Å²) in [5.74, 6) is -0.774. The average Bonchev–Trinajstić information content (AvgIpc) is 2.83. The van der Waals surface area contributed by atoms with Crippen LogP contribution in [0.2, 0.25) is 0 Å². The van der Waals surface area contributed by atoms with Crippen molar-refractivity contribution in [3.8, 4) is 0 Å². The number of nitrogens with one attached hydrogen (secondary N) is 1. The molecule has 1 aliphatic rings. The monoisotopic (exact) mass is 469 g/mol. The minimum atomic E-state index is -4.59. The summed E-state index contributed by atoms with van der Waals surface area (Å²) >= 11 is 0. The number of benzene rings is 3. The molecule has 0 aromatic heterocycles. The van der Waals surface area contributed by atoms with Crippen LogP contribution in [0.3, 0.4) is 0 Å².